The topological polar surface area (TPSA) is 66.6 Å². The van der Waals surface area contributed by atoms with E-state index in [1.54, 1.807) is 0 Å². The van der Waals surface area contributed by atoms with Crippen LogP contribution in [0.4, 0.5) is 0 Å². The summed E-state index contributed by atoms with van der Waals surface area (Å²) in [6, 6.07) is 0. The maximum Gasteiger partial charge on any atom is 0.225 e. The molecule has 88 valence electrons. The van der Waals surface area contributed by atoms with Gasteiger partial charge in [-0.2, -0.15) is 0 Å². The molecular formula is C11H22N2O2. The average molecular weight is 214 g/mol. The third-order valence-corrected chi connectivity index (χ3v) is 3.21. The Morgan fingerprint density at radius 1 is 1.53 bits per heavy atom. The lowest BCUT2D eigenvalue weighted by atomic mass is 9.96. The number of hydrogen-bond donors (Lipinski definition) is 2. The van der Waals surface area contributed by atoms with Crippen molar-refractivity contribution in [3.63, 3.8) is 0 Å². The van der Waals surface area contributed by atoms with E-state index in [9.17, 15) is 4.79 Å². The van der Waals surface area contributed by atoms with E-state index in [0.717, 1.165) is 32.4 Å². The number of carbonyl (C=O) groups is 1. The quantitative estimate of drug-likeness (QED) is 0.702. The van der Waals surface area contributed by atoms with E-state index in [4.69, 9.17) is 10.8 Å². The Kier molecular flexibility index (Phi) is 5.05. The van der Waals surface area contributed by atoms with E-state index >= 15 is 0 Å². The number of nitrogens with zero attached hydrogens (tertiary/aromatic N) is 1. The van der Waals surface area contributed by atoms with E-state index in [1.165, 1.54) is 0 Å². The number of nitrogens with two attached hydrogens (primary N) is 1. The molecule has 0 aromatic heterocycles. The van der Waals surface area contributed by atoms with Gasteiger partial charge in [0.25, 0.3) is 0 Å². The highest BCUT2D eigenvalue weighted by molar-refractivity contribution is 5.78. The van der Waals surface area contributed by atoms with Crippen molar-refractivity contribution in [2.75, 3.05) is 26.2 Å². The molecule has 0 bridgehead atoms. The van der Waals surface area contributed by atoms with Gasteiger partial charge < -0.3 is 15.7 Å². The fourth-order valence-corrected chi connectivity index (χ4v) is 2.02. The molecule has 1 aliphatic rings. The Labute approximate surface area is 91.4 Å². The van der Waals surface area contributed by atoms with E-state index in [0.29, 0.717) is 12.5 Å². The van der Waals surface area contributed by atoms with Crippen molar-refractivity contribution >= 4 is 5.91 Å². The molecule has 0 radical (unpaired) electrons. The minimum Gasteiger partial charge on any atom is -0.396 e. The summed E-state index contributed by atoms with van der Waals surface area (Å²) in [7, 11) is 0. The van der Waals surface area contributed by atoms with Gasteiger partial charge in [-0.25, -0.2) is 0 Å². The lowest BCUT2D eigenvalue weighted by Crippen LogP contribution is -2.42. The predicted octanol–water partition coefficient (Wildman–Crippen LogP) is 0.202. The number of likely N-dealkylation sites (tertiary alicyclic amines) is 1. The van der Waals surface area contributed by atoms with Crippen molar-refractivity contribution < 1.29 is 9.90 Å². The number of carbonyl (C=O) groups excluding carboxylic acids is 1. The third-order valence-electron chi connectivity index (χ3n) is 3.21. The first-order chi connectivity index (χ1) is 7.19. The summed E-state index contributed by atoms with van der Waals surface area (Å²) >= 11 is 0. The van der Waals surface area contributed by atoms with Crippen molar-refractivity contribution in [1.82, 2.24) is 4.90 Å². The Morgan fingerprint density at radius 3 is 2.60 bits per heavy atom. The van der Waals surface area contributed by atoms with Gasteiger partial charge in [-0.1, -0.05) is 6.92 Å². The van der Waals surface area contributed by atoms with Gasteiger partial charge in [0.05, 0.1) is 0 Å². The van der Waals surface area contributed by atoms with Gasteiger partial charge in [0, 0.05) is 25.6 Å². The summed E-state index contributed by atoms with van der Waals surface area (Å²) in [6.07, 6.45) is 2.62. The molecule has 0 aromatic rings. The summed E-state index contributed by atoms with van der Waals surface area (Å²) in [5.41, 5.74) is 5.44. The van der Waals surface area contributed by atoms with Gasteiger partial charge >= 0.3 is 0 Å². The van der Waals surface area contributed by atoms with Crippen LogP contribution in [0.5, 0.6) is 0 Å². The number of piperidine rings is 1. The molecule has 1 saturated heterocycles. The molecule has 4 nitrogen and oxygen atoms in total. The van der Waals surface area contributed by atoms with Gasteiger partial charge in [-0.05, 0) is 31.7 Å². The fraction of sp³-hybridized carbons (Fsp3) is 0.909. The van der Waals surface area contributed by atoms with Crippen molar-refractivity contribution in [1.29, 1.82) is 0 Å². The van der Waals surface area contributed by atoms with Gasteiger partial charge in [0.15, 0.2) is 0 Å². The van der Waals surface area contributed by atoms with Crippen molar-refractivity contribution in [3.8, 4) is 0 Å². The number of aliphatic hydroxyl groups is 1. The molecule has 0 aliphatic carbocycles. The average Bonchev–Trinajstić information content (AvgIpc) is 2.28. The largest absolute Gasteiger partial charge is 0.396 e. The zero-order chi connectivity index (χ0) is 11.3. The highest BCUT2D eigenvalue weighted by Crippen LogP contribution is 2.18. The first-order valence-corrected chi connectivity index (χ1v) is 5.78. The van der Waals surface area contributed by atoms with Crippen molar-refractivity contribution in [2.24, 2.45) is 17.6 Å². The van der Waals surface area contributed by atoms with Gasteiger partial charge in [-0.3, -0.25) is 4.79 Å². The Morgan fingerprint density at radius 2 is 2.13 bits per heavy atom. The van der Waals surface area contributed by atoms with Crippen LogP contribution in [0.25, 0.3) is 0 Å². The first kappa shape index (κ1) is 12.5. The normalized spacial score (nSPS) is 20.3. The summed E-state index contributed by atoms with van der Waals surface area (Å²) in [4.78, 5) is 13.8. The summed E-state index contributed by atoms with van der Waals surface area (Å²) < 4.78 is 0. The maximum atomic E-state index is 11.9. The van der Waals surface area contributed by atoms with Crippen molar-refractivity contribution in [2.45, 2.75) is 26.2 Å². The van der Waals surface area contributed by atoms with Gasteiger partial charge in [0.2, 0.25) is 5.91 Å². The molecule has 3 N–H and O–H groups in total. The van der Waals surface area contributed by atoms with Crippen LogP contribution in [-0.2, 0) is 4.79 Å². The standard InChI is InChI=1S/C11H22N2O2/c1-9(2-5-12)11(15)13-6-3-10(8-14)4-7-13/h9-10,14H,2-8,12H2,1H3. The smallest absolute Gasteiger partial charge is 0.225 e. The van der Waals surface area contributed by atoms with E-state index in [2.05, 4.69) is 0 Å². The maximum absolute atomic E-state index is 11.9. The predicted molar refractivity (Wildman–Crippen MR) is 59.2 cm³/mol. The second kappa shape index (κ2) is 6.08. The molecule has 0 spiro atoms. The van der Waals surface area contributed by atoms with E-state index < -0.39 is 0 Å². The second-order valence-corrected chi connectivity index (χ2v) is 4.43. The number of rotatable bonds is 4. The van der Waals surface area contributed by atoms with Crippen LogP contribution < -0.4 is 5.73 Å². The molecule has 1 fully saturated rings. The molecule has 1 atom stereocenters. The lowest BCUT2D eigenvalue weighted by Gasteiger charge is -2.32. The van der Waals surface area contributed by atoms with Crippen LogP contribution in [-0.4, -0.2) is 42.2 Å². The Balaban J connectivity index is 2.35. The number of aliphatic hydroxyl groups excluding tert-OH is 1. The third kappa shape index (κ3) is 3.47. The Bertz CT molecular complexity index is 201. The minimum absolute atomic E-state index is 0.0423. The molecule has 1 amide bonds. The lowest BCUT2D eigenvalue weighted by molar-refractivity contribution is -0.136. The van der Waals surface area contributed by atoms with E-state index in [1.807, 2.05) is 11.8 Å². The van der Waals surface area contributed by atoms with E-state index in [-0.39, 0.29) is 18.4 Å². The second-order valence-electron chi connectivity index (χ2n) is 4.43. The SMILES string of the molecule is CC(CCN)C(=O)N1CCC(CO)CC1. The molecule has 0 saturated carbocycles. The highest BCUT2D eigenvalue weighted by atomic mass is 16.3. The molecule has 1 unspecified atom stereocenters. The van der Waals surface area contributed by atoms with Gasteiger partial charge in [0.1, 0.15) is 0 Å². The molecule has 4 heteroatoms. The number of hydrogen-bond acceptors (Lipinski definition) is 3. The fourth-order valence-electron chi connectivity index (χ4n) is 2.02. The molecule has 1 rings (SSSR count). The van der Waals surface area contributed by atoms with Gasteiger partial charge in [-0.15, -0.1) is 0 Å². The van der Waals surface area contributed by atoms with Crippen LogP contribution in [0.3, 0.4) is 0 Å². The molecule has 15 heavy (non-hydrogen) atoms. The van der Waals surface area contributed by atoms with Crippen LogP contribution in [0, 0.1) is 11.8 Å². The number of amides is 1. The summed E-state index contributed by atoms with van der Waals surface area (Å²) in [5.74, 6) is 0.649. The molecule has 1 aliphatic heterocycles. The first-order valence-electron chi connectivity index (χ1n) is 5.78. The van der Waals surface area contributed by atoms with Crippen LogP contribution >= 0.6 is 0 Å². The van der Waals surface area contributed by atoms with Crippen molar-refractivity contribution in [3.05, 3.63) is 0 Å². The summed E-state index contributed by atoms with van der Waals surface area (Å²) in [6.45, 7) is 4.34. The highest BCUT2D eigenvalue weighted by Gasteiger charge is 2.24. The molecule has 0 aromatic carbocycles. The monoisotopic (exact) mass is 214 g/mol. The van der Waals surface area contributed by atoms with Crippen LogP contribution in [0.2, 0.25) is 0 Å². The summed E-state index contributed by atoms with van der Waals surface area (Å²) in [5, 5.41) is 8.99. The zero-order valence-corrected chi connectivity index (χ0v) is 9.48. The zero-order valence-electron chi connectivity index (χ0n) is 9.48. The molecule has 1 heterocycles. The Hall–Kier alpha value is -0.610. The van der Waals surface area contributed by atoms with Crippen LogP contribution in [0.15, 0.2) is 0 Å². The molecular weight excluding hydrogens is 192 g/mol. The van der Waals surface area contributed by atoms with Crippen LogP contribution in [0.1, 0.15) is 26.2 Å². The minimum atomic E-state index is 0.0423.